The van der Waals surface area contributed by atoms with E-state index in [1.807, 2.05) is 0 Å². The molecule has 0 saturated carbocycles. The predicted octanol–water partition coefficient (Wildman–Crippen LogP) is 3.52. The molecule has 0 radical (unpaired) electrons. The van der Waals surface area contributed by atoms with Crippen LogP contribution in [0.2, 0.25) is 0 Å². The summed E-state index contributed by atoms with van der Waals surface area (Å²) in [6.07, 6.45) is 2.02. The summed E-state index contributed by atoms with van der Waals surface area (Å²) in [5, 5.41) is 0. The van der Waals surface area contributed by atoms with Crippen LogP contribution in [0, 0.1) is 0 Å². The van der Waals surface area contributed by atoms with Crippen molar-refractivity contribution >= 4 is 11.4 Å². The van der Waals surface area contributed by atoms with Gasteiger partial charge in [-0.1, -0.05) is 31.2 Å². The second-order valence-electron chi connectivity index (χ2n) is 4.78. The smallest absolute Gasteiger partial charge is 0.0408 e. The van der Waals surface area contributed by atoms with Crippen molar-refractivity contribution in [2.24, 2.45) is 5.73 Å². The molecule has 100 valence electrons. The quantitative estimate of drug-likeness (QED) is 0.884. The van der Waals surface area contributed by atoms with Crippen molar-refractivity contribution in [2.75, 3.05) is 18.5 Å². The van der Waals surface area contributed by atoms with Crippen LogP contribution in [0.5, 0.6) is 0 Å². The van der Waals surface area contributed by atoms with Crippen LogP contribution in [0.15, 0.2) is 48.5 Å². The van der Waals surface area contributed by atoms with Crippen LogP contribution in [-0.2, 0) is 12.8 Å². The lowest BCUT2D eigenvalue weighted by Gasteiger charge is -2.20. The maximum atomic E-state index is 5.57. The van der Waals surface area contributed by atoms with Crippen molar-refractivity contribution in [1.82, 2.24) is 0 Å². The summed E-state index contributed by atoms with van der Waals surface area (Å²) in [6, 6.07) is 17.3. The highest BCUT2D eigenvalue weighted by atomic mass is 15.1. The molecule has 0 amide bonds. The molecule has 2 rings (SSSR count). The van der Waals surface area contributed by atoms with E-state index in [1.165, 1.54) is 22.5 Å². The summed E-state index contributed by atoms with van der Waals surface area (Å²) in [6.45, 7) is 2.88. The lowest BCUT2D eigenvalue weighted by Crippen LogP contribution is -2.09. The first-order valence-corrected chi connectivity index (χ1v) is 6.86. The monoisotopic (exact) mass is 254 g/mol. The number of benzene rings is 2. The minimum absolute atomic E-state index is 0.702. The van der Waals surface area contributed by atoms with Crippen LogP contribution < -0.4 is 10.6 Å². The van der Waals surface area contributed by atoms with Gasteiger partial charge in [-0.25, -0.2) is 0 Å². The molecular formula is C17H22N2. The number of hydrogen-bond donors (Lipinski definition) is 1. The second-order valence-corrected chi connectivity index (χ2v) is 4.78. The van der Waals surface area contributed by atoms with Crippen LogP contribution in [0.4, 0.5) is 11.4 Å². The van der Waals surface area contributed by atoms with E-state index in [9.17, 15) is 0 Å². The first kappa shape index (κ1) is 13.6. The highest BCUT2D eigenvalue weighted by molar-refractivity contribution is 5.62. The Morgan fingerprint density at radius 3 is 1.74 bits per heavy atom. The minimum atomic E-state index is 0.702. The van der Waals surface area contributed by atoms with Gasteiger partial charge in [0.25, 0.3) is 0 Å². The maximum absolute atomic E-state index is 5.57. The molecular weight excluding hydrogens is 232 g/mol. The zero-order valence-electron chi connectivity index (χ0n) is 11.8. The molecule has 0 heterocycles. The third-order valence-electron chi connectivity index (χ3n) is 3.49. The van der Waals surface area contributed by atoms with Crippen LogP contribution in [0.3, 0.4) is 0 Å². The largest absolute Gasteiger partial charge is 0.345 e. The van der Waals surface area contributed by atoms with E-state index in [4.69, 9.17) is 5.73 Å². The van der Waals surface area contributed by atoms with E-state index in [1.54, 1.807) is 0 Å². The van der Waals surface area contributed by atoms with E-state index >= 15 is 0 Å². The van der Waals surface area contributed by atoms with Crippen molar-refractivity contribution in [3.63, 3.8) is 0 Å². The average Bonchev–Trinajstić information content (AvgIpc) is 2.48. The Bertz CT molecular complexity index is 500. The molecule has 2 aromatic rings. The molecule has 0 unspecified atom stereocenters. The van der Waals surface area contributed by atoms with Crippen molar-refractivity contribution in [3.8, 4) is 0 Å². The third-order valence-corrected chi connectivity index (χ3v) is 3.49. The Kier molecular flexibility index (Phi) is 4.58. The van der Waals surface area contributed by atoms with Gasteiger partial charge in [0.1, 0.15) is 0 Å². The number of hydrogen-bond acceptors (Lipinski definition) is 2. The van der Waals surface area contributed by atoms with E-state index in [2.05, 4.69) is 67.4 Å². The van der Waals surface area contributed by atoms with Gasteiger partial charge >= 0.3 is 0 Å². The summed E-state index contributed by atoms with van der Waals surface area (Å²) in [4.78, 5) is 2.20. The Balaban J connectivity index is 2.15. The zero-order chi connectivity index (χ0) is 13.7. The normalized spacial score (nSPS) is 10.5. The summed E-state index contributed by atoms with van der Waals surface area (Å²) in [5.41, 5.74) is 10.6. The van der Waals surface area contributed by atoms with Crippen LogP contribution >= 0.6 is 0 Å². The SMILES string of the molecule is CCc1ccc(N(C)c2ccc(CCN)cc2)cc1. The Morgan fingerprint density at radius 2 is 1.32 bits per heavy atom. The molecule has 0 spiro atoms. The molecule has 0 aromatic heterocycles. The summed E-state index contributed by atoms with van der Waals surface area (Å²) < 4.78 is 0. The van der Waals surface area contributed by atoms with Gasteiger partial charge in [0.05, 0.1) is 0 Å². The minimum Gasteiger partial charge on any atom is -0.345 e. The summed E-state index contributed by atoms with van der Waals surface area (Å²) >= 11 is 0. The lowest BCUT2D eigenvalue weighted by molar-refractivity contribution is 0.968. The van der Waals surface area contributed by atoms with E-state index in [-0.39, 0.29) is 0 Å². The molecule has 2 aromatic carbocycles. The average molecular weight is 254 g/mol. The van der Waals surface area contributed by atoms with Crippen molar-refractivity contribution < 1.29 is 0 Å². The molecule has 0 aliphatic rings. The molecule has 19 heavy (non-hydrogen) atoms. The van der Waals surface area contributed by atoms with Crippen LogP contribution in [0.25, 0.3) is 0 Å². The molecule has 2 nitrogen and oxygen atoms in total. The summed E-state index contributed by atoms with van der Waals surface area (Å²) in [5.74, 6) is 0. The van der Waals surface area contributed by atoms with Gasteiger partial charge in [-0.2, -0.15) is 0 Å². The van der Waals surface area contributed by atoms with E-state index < -0.39 is 0 Å². The zero-order valence-corrected chi connectivity index (χ0v) is 11.8. The number of rotatable bonds is 5. The molecule has 0 bridgehead atoms. The standard InChI is InChI=1S/C17H22N2/c1-3-14-4-8-16(9-5-14)19(2)17-10-6-15(7-11-17)12-13-18/h4-11H,3,12-13,18H2,1-2H3. The highest BCUT2D eigenvalue weighted by Crippen LogP contribution is 2.24. The van der Waals surface area contributed by atoms with Crippen LogP contribution in [-0.4, -0.2) is 13.6 Å². The van der Waals surface area contributed by atoms with Crippen LogP contribution in [0.1, 0.15) is 18.1 Å². The molecule has 0 atom stereocenters. The Hall–Kier alpha value is -1.80. The fraction of sp³-hybridized carbons (Fsp3) is 0.294. The molecule has 0 aliphatic carbocycles. The van der Waals surface area contributed by atoms with Gasteiger partial charge in [0.2, 0.25) is 0 Å². The number of nitrogens with two attached hydrogens (primary N) is 1. The molecule has 2 N–H and O–H groups in total. The Labute approximate surface area is 115 Å². The molecule has 0 saturated heterocycles. The fourth-order valence-electron chi connectivity index (χ4n) is 2.16. The predicted molar refractivity (Wildman–Crippen MR) is 83.1 cm³/mol. The first-order valence-electron chi connectivity index (χ1n) is 6.86. The first-order chi connectivity index (χ1) is 9.24. The van der Waals surface area contributed by atoms with E-state index in [0.717, 1.165) is 12.8 Å². The lowest BCUT2D eigenvalue weighted by atomic mass is 10.1. The topological polar surface area (TPSA) is 29.3 Å². The van der Waals surface area contributed by atoms with Crippen molar-refractivity contribution in [2.45, 2.75) is 19.8 Å². The van der Waals surface area contributed by atoms with Crippen molar-refractivity contribution in [1.29, 1.82) is 0 Å². The number of aryl methyl sites for hydroxylation is 1. The third kappa shape index (κ3) is 3.36. The molecule has 0 fully saturated rings. The number of anilines is 2. The number of nitrogens with zero attached hydrogens (tertiary/aromatic N) is 1. The Morgan fingerprint density at radius 1 is 0.842 bits per heavy atom. The highest BCUT2D eigenvalue weighted by Gasteiger charge is 2.03. The van der Waals surface area contributed by atoms with Gasteiger partial charge < -0.3 is 10.6 Å². The van der Waals surface area contributed by atoms with Gasteiger partial charge in [-0.15, -0.1) is 0 Å². The van der Waals surface area contributed by atoms with Gasteiger partial charge in [0, 0.05) is 18.4 Å². The van der Waals surface area contributed by atoms with E-state index in [0.29, 0.717) is 6.54 Å². The summed E-state index contributed by atoms with van der Waals surface area (Å²) in [7, 11) is 2.10. The van der Waals surface area contributed by atoms with Gasteiger partial charge in [0.15, 0.2) is 0 Å². The van der Waals surface area contributed by atoms with Gasteiger partial charge in [-0.05, 0) is 54.8 Å². The fourth-order valence-corrected chi connectivity index (χ4v) is 2.16. The second kappa shape index (κ2) is 6.39. The molecule has 2 heteroatoms. The molecule has 0 aliphatic heterocycles. The van der Waals surface area contributed by atoms with Crippen molar-refractivity contribution in [3.05, 3.63) is 59.7 Å². The maximum Gasteiger partial charge on any atom is 0.0408 e. The van der Waals surface area contributed by atoms with Gasteiger partial charge in [-0.3, -0.25) is 0 Å².